The number of aryl methyl sites for hydroxylation is 2. The number of aromatic amines is 2. The van der Waals surface area contributed by atoms with E-state index in [1.807, 2.05) is 140 Å². The van der Waals surface area contributed by atoms with Crippen molar-refractivity contribution in [2.45, 2.75) is 413 Å². The van der Waals surface area contributed by atoms with Crippen molar-refractivity contribution in [2.24, 2.45) is 5.73 Å². The van der Waals surface area contributed by atoms with Gasteiger partial charge in [-0.1, -0.05) is 386 Å². The van der Waals surface area contributed by atoms with Crippen LogP contribution in [0.1, 0.15) is 432 Å². The largest absolute Gasteiger partial charge is 0.492 e. The van der Waals surface area contributed by atoms with Crippen molar-refractivity contribution < 1.29 is 52.0 Å². The molecule has 2 aliphatic rings. The van der Waals surface area contributed by atoms with E-state index in [0.717, 1.165) is 110 Å². The molecule has 0 spiro atoms. The average molecular weight is 2020 g/mol. The summed E-state index contributed by atoms with van der Waals surface area (Å²) in [6.45, 7) is 81.2. The molecule has 0 aliphatic carbocycles. The summed E-state index contributed by atoms with van der Waals surface area (Å²) < 4.78 is 50.4. The summed E-state index contributed by atoms with van der Waals surface area (Å²) in [6.07, 6.45) is 1.52. The minimum atomic E-state index is -4.36. The molecule has 2 fully saturated rings. The lowest BCUT2D eigenvalue weighted by Gasteiger charge is -2.33. The van der Waals surface area contributed by atoms with Crippen LogP contribution in [0.3, 0.4) is 0 Å². The number of nitrogens with zero attached hydrogens (tertiary/aromatic N) is 4. The van der Waals surface area contributed by atoms with Gasteiger partial charge in [0.25, 0.3) is 5.91 Å². The number of likely N-dealkylation sites (tertiary alicyclic amines) is 2. The van der Waals surface area contributed by atoms with Crippen LogP contribution in [0.25, 0.3) is 11.3 Å². The van der Waals surface area contributed by atoms with Gasteiger partial charge in [-0.15, -0.1) is 0 Å². The number of nitrogens with one attached hydrogen (secondary N) is 3. The summed E-state index contributed by atoms with van der Waals surface area (Å²) in [5.41, 5.74) is 26.6. The van der Waals surface area contributed by atoms with Crippen molar-refractivity contribution in [2.75, 3.05) is 39.8 Å². The molecule has 7 N–H and O–H groups in total. The van der Waals surface area contributed by atoms with E-state index in [9.17, 15) is 42.6 Å². The molecule has 2 saturated heterocycles. The molecule has 810 valence electrons. The minimum absolute atomic E-state index is 0. The standard InChI is InChI=1S/C17H24F3NO.C17H29N3O2.C14H18N2.C14H21NO.C14H20O.C13H20.C12H17NO.2C12H18O.2CH4/c1-16(2,3)12-8-13(17(18,19)20)10-15(9-12)22-11-14-6-5-7-21(14)4;1-16(2,3)14-11-13(18-19-14)12-7-9-20(10-8-12)15(21)22-17(4,5)6;1-10-5-7-11(8-6-10)12-9-13(16-15-12)14(2,3)4;1-5-10-15-13(16)11-6-8-12(9-7-11)14(2,3)4;1-11(15)8-9-12-6-5-7-13(10-12)14(2,3)4;1-10(2)11-6-8-12(9-7-11)13(3,4)5;1-12(2,3)10-6-4-5-9(7-10)8-11(13)14;1-9(13)10-6-5-7-11(8-10)12(2,3)4;1-9(13)10-7-5-6-8-11(10)12(2,3)4;;/h8-10,14H,5-7,11H2,1-4H3;11-12H,7-10H2,1-6H3,(H,18,19);5-9H,1-4H3,(H,15,16);6-9H,5,10H2,1-4H3,(H,15,16);5-7,10H,8-9H2,1-4H3;6-10H,1-5H3;4-7H,8H2,1-3H3,(H2,13,14);2*5-9,13H,1-4H3;2*1H4/t14-;;;;;;;;;;/m1........../s1. The predicted molar refractivity (Wildman–Crippen MR) is 610 cm³/mol. The number of aromatic nitrogens is 4. The molecular formula is C127H193F3N8O8. The summed E-state index contributed by atoms with van der Waals surface area (Å²) >= 11 is 0. The number of halogens is 3. The van der Waals surface area contributed by atoms with Gasteiger partial charge in [-0.25, -0.2) is 4.79 Å². The molecule has 2 aromatic heterocycles. The highest BCUT2D eigenvalue weighted by atomic mass is 19.4. The third kappa shape index (κ3) is 47.8. The predicted octanol–water partition coefficient (Wildman–Crippen LogP) is 32.1. The fourth-order valence-corrected chi connectivity index (χ4v) is 15.4. The number of ether oxygens (including phenoxy) is 2. The number of benzene rings is 8. The van der Waals surface area contributed by atoms with E-state index in [-0.39, 0.29) is 106 Å². The number of Topliss-reactive ketones (excluding diaryl/α,β-unsaturated/α-hetero) is 1. The average Bonchev–Trinajstić information content (AvgIpc) is 1.27. The maximum atomic E-state index is 13.1. The van der Waals surface area contributed by atoms with Crippen LogP contribution in [0.5, 0.6) is 5.75 Å². The Morgan fingerprint density at radius 3 is 1.40 bits per heavy atom. The van der Waals surface area contributed by atoms with Crippen LogP contribution in [-0.4, -0.2) is 116 Å². The summed E-state index contributed by atoms with van der Waals surface area (Å²) in [6, 6.07) is 66.7. The van der Waals surface area contributed by atoms with Crippen molar-refractivity contribution in [3.8, 4) is 17.0 Å². The summed E-state index contributed by atoms with van der Waals surface area (Å²) in [5.74, 6) is 1.38. The quantitative estimate of drug-likeness (QED) is 0.0533. The lowest BCUT2D eigenvalue weighted by molar-refractivity contribution is -0.137. The van der Waals surface area contributed by atoms with Gasteiger partial charge in [0.2, 0.25) is 5.91 Å². The Kier molecular flexibility index (Phi) is 51.7. The zero-order valence-electron chi connectivity index (χ0n) is 95.5. The van der Waals surface area contributed by atoms with Gasteiger partial charge in [0, 0.05) is 71.4 Å². The van der Waals surface area contributed by atoms with Crippen LogP contribution in [0.2, 0.25) is 0 Å². The molecule has 3 atom stereocenters. The SMILES string of the molecule is C.C.CC(=O)CCc1cccc(C(C)(C)C)c1.CC(C)(C)OC(=O)N1CCC(c2cc(C(C)(C)C)n[nH]2)CC1.CC(C)(C)c1cccc(CC(N)=O)c1.CC(C)c1ccc(C(C)(C)C)cc1.CC(O)c1cccc(C(C)(C)C)c1.CC(O)c1ccccc1C(C)(C)C.CCCNC(=O)c1ccc(C(C)(C)C)cc1.CN1CCC[C@@H]1COc1cc(C(C)(C)C)cc(C(F)(F)F)c1.Cc1ccc(-c2cc(C(C)(C)C)[nH]n2)cc1. The van der Waals surface area contributed by atoms with Crippen LogP contribution in [0.15, 0.2) is 200 Å². The van der Waals surface area contributed by atoms with Crippen LogP contribution >= 0.6 is 0 Å². The van der Waals surface area contributed by atoms with E-state index >= 15 is 0 Å². The molecule has 4 heterocycles. The number of nitrogens with two attached hydrogens (primary N) is 1. The van der Waals surface area contributed by atoms with Crippen LogP contribution < -0.4 is 15.8 Å². The van der Waals surface area contributed by atoms with Gasteiger partial charge in [-0.05, 0) is 254 Å². The zero-order valence-corrected chi connectivity index (χ0v) is 95.5. The van der Waals surface area contributed by atoms with E-state index in [1.54, 1.807) is 19.9 Å². The number of likely N-dealkylation sites (N-methyl/N-ethyl adjacent to an activating group) is 1. The first-order valence-electron chi connectivity index (χ1n) is 51.8. The van der Waals surface area contributed by atoms with E-state index < -0.39 is 17.3 Å². The molecule has 3 amide bonds. The Labute approximate surface area is 882 Å². The summed E-state index contributed by atoms with van der Waals surface area (Å²) in [7, 11) is 2.02. The number of rotatable bonds is 16. The second-order valence-electron chi connectivity index (χ2n) is 49.5. The highest BCUT2D eigenvalue weighted by Gasteiger charge is 2.35. The van der Waals surface area contributed by atoms with Gasteiger partial charge in [0.05, 0.1) is 35.6 Å². The Morgan fingerprint density at radius 2 is 0.979 bits per heavy atom. The Hall–Kier alpha value is -10.5. The molecule has 10 aromatic rings. The van der Waals surface area contributed by atoms with Crippen molar-refractivity contribution in [1.82, 2.24) is 35.5 Å². The van der Waals surface area contributed by atoms with Crippen LogP contribution in [-0.2, 0) is 82.1 Å². The highest BCUT2D eigenvalue weighted by molar-refractivity contribution is 5.94. The number of hydrogen-bond acceptors (Lipinski definition) is 11. The number of hydrogen-bond donors (Lipinski definition) is 6. The number of primary amides is 1. The van der Waals surface area contributed by atoms with Crippen molar-refractivity contribution >= 4 is 23.7 Å². The van der Waals surface area contributed by atoms with Crippen molar-refractivity contribution in [1.29, 1.82) is 0 Å². The normalized spacial score (nSPS) is 14.1. The van der Waals surface area contributed by atoms with Gasteiger partial charge in [-0.2, -0.15) is 23.4 Å². The van der Waals surface area contributed by atoms with Crippen LogP contribution in [0, 0.1) is 6.92 Å². The monoisotopic (exact) mass is 2020 g/mol. The Morgan fingerprint density at radius 1 is 0.493 bits per heavy atom. The van der Waals surface area contributed by atoms with Gasteiger partial charge in [-0.3, -0.25) is 19.8 Å². The fraction of sp³-hybridized carbons (Fsp3) is 0.543. The zero-order chi connectivity index (χ0) is 109. The third-order valence-corrected chi connectivity index (χ3v) is 25.1. The molecule has 16 nitrogen and oxygen atoms in total. The topological polar surface area (TPSA) is 229 Å². The number of piperidine rings is 1. The maximum Gasteiger partial charge on any atom is 0.416 e. The Balaban J connectivity index is 0.000000558. The molecule has 0 bridgehead atoms. The first-order chi connectivity index (χ1) is 66.1. The van der Waals surface area contributed by atoms with Crippen molar-refractivity contribution in [3.63, 3.8) is 0 Å². The van der Waals surface area contributed by atoms with Gasteiger partial charge >= 0.3 is 12.3 Å². The fourth-order valence-electron chi connectivity index (χ4n) is 15.4. The van der Waals surface area contributed by atoms with Gasteiger partial charge in [0.1, 0.15) is 23.7 Å². The van der Waals surface area contributed by atoms with E-state index in [0.29, 0.717) is 42.6 Å². The molecule has 12 rings (SSSR count). The third-order valence-electron chi connectivity index (χ3n) is 25.1. The number of aliphatic hydroxyl groups excluding tert-OH is 2. The summed E-state index contributed by atoms with van der Waals surface area (Å²) in [4.78, 5) is 49.4. The number of carbonyl (C=O) groups excluding carboxylic acids is 4. The maximum absolute atomic E-state index is 13.1. The molecule has 2 unspecified atom stereocenters. The van der Waals surface area contributed by atoms with E-state index in [2.05, 4.69) is 327 Å². The van der Waals surface area contributed by atoms with Crippen LogP contribution in [0.4, 0.5) is 18.0 Å². The minimum Gasteiger partial charge on any atom is -0.492 e. The molecule has 146 heavy (non-hydrogen) atoms. The van der Waals surface area contributed by atoms with E-state index in [4.69, 9.17) is 15.2 Å². The first kappa shape index (κ1) is 132. The number of aliphatic hydroxyl groups is 2. The number of ketones is 1. The van der Waals surface area contributed by atoms with Gasteiger partial charge < -0.3 is 45.3 Å². The molecule has 8 aromatic carbocycles. The number of H-pyrrole nitrogens is 2. The number of carbonyl (C=O) groups is 4. The second-order valence-corrected chi connectivity index (χ2v) is 49.5. The first-order valence-corrected chi connectivity index (χ1v) is 51.8. The molecule has 2 aliphatic heterocycles. The van der Waals surface area contributed by atoms with Crippen molar-refractivity contribution in [3.05, 3.63) is 301 Å². The van der Waals surface area contributed by atoms with Gasteiger partial charge in [0.15, 0.2) is 0 Å². The highest BCUT2D eigenvalue weighted by Crippen LogP contribution is 2.39. The molecule has 0 saturated carbocycles. The second kappa shape index (κ2) is 57.3. The summed E-state index contributed by atoms with van der Waals surface area (Å²) in [5, 5.41) is 36.9. The number of amides is 3. The molecule has 0 radical (unpaired) electrons. The van der Waals surface area contributed by atoms with E-state index in [1.165, 1.54) is 67.5 Å². The molecule has 19 heteroatoms. The number of alkyl halides is 3. The lowest BCUT2D eigenvalue weighted by Crippen LogP contribution is -2.41. The lowest BCUT2D eigenvalue weighted by atomic mass is 9.82. The smallest absolute Gasteiger partial charge is 0.416 e. The Bertz CT molecular complexity index is 5490. The molecular weight excluding hydrogens is 1820 g/mol.